The molecule has 0 fully saturated rings. The Kier molecular flexibility index (Phi) is 5.99. The number of nitrogens with zero attached hydrogens (tertiary/aromatic N) is 3. The molecule has 0 bridgehead atoms. The van der Waals surface area contributed by atoms with Crippen LogP contribution in [0.3, 0.4) is 0 Å². The second-order valence-electron chi connectivity index (χ2n) is 5.16. The molecular formula is C16H10ClFN4O3S2. The second kappa shape index (κ2) is 8.42. The zero-order valence-corrected chi connectivity index (χ0v) is 15.8. The molecule has 1 N–H and O–H groups in total. The van der Waals surface area contributed by atoms with Crippen LogP contribution in [0.25, 0.3) is 0 Å². The SMILES string of the molecule is O=C(Nc1nnc(SCc2cccc(F)c2)s1)c1cc(Cl)ccc1[N+](=O)[O-]. The van der Waals surface area contributed by atoms with Crippen LogP contribution in [0.2, 0.25) is 5.02 Å². The fourth-order valence-corrected chi connectivity index (χ4v) is 3.97. The van der Waals surface area contributed by atoms with Gasteiger partial charge in [-0.15, -0.1) is 10.2 Å². The van der Waals surface area contributed by atoms with Gasteiger partial charge in [-0.2, -0.15) is 0 Å². The lowest BCUT2D eigenvalue weighted by atomic mass is 10.1. The predicted octanol–water partition coefficient (Wildman–Crippen LogP) is 4.78. The Bertz CT molecular complexity index is 1010. The van der Waals surface area contributed by atoms with Crippen molar-refractivity contribution in [2.75, 3.05) is 5.32 Å². The molecular weight excluding hydrogens is 415 g/mol. The normalized spacial score (nSPS) is 10.6. The third kappa shape index (κ3) is 5.00. The lowest BCUT2D eigenvalue weighted by Gasteiger charge is -2.03. The maximum absolute atomic E-state index is 13.2. The van der Waals surface area contributed by atoms with Gasteiger partial charge >= 0.3 is 0 Å². The van der Waals surface area contributed by atoms with Crippen LogP contribution in [0.5, 0.6) is 0 Å². The van der Waals surface area contributed by atoms with Crippen LogP contribution in [0, 0.1) is 15.9 Å². The van der Waals surface area contributed by atoms with Crippen molar-refractivity contribution in [1.82, 2.24) is 10.2 Å². The molecule has 0 unspecified atom stereocenters. The summed E-state index contributed by atoms with van der Waals surface area (Å²) in [4.78, 5) is 22.7. The van der Waals surface area contributed by atoms with Crippen molar-refractivity contribution in [3.05, 3.63) is 74.5 Å². The third-order valence-electron chi connectivity index (χ3n) is 3.28. The summed E-state index contributed by atoms with van der Waals surface area (Å²) in [5.41, 5.74) is 0.258. The van der Waals surface area contributed by atoms with Crippen molar-refractivity contribution >= 4 is 51.4 Å². The van der Waals surface area contributed by atoms with Crippen molar-refractivity contribution < 1.29 is 14.1 Å². The number of nitro groups is 1. The maximum atomic E-state index is 13.2. The Morgan fingerprint density at radius 2 is 2.11 bits per heavy atom. The largest absolute Gasteiger partial charge is 0.296 e. The first-order valence-electron chi connectivity index (χ1n) is 7.38. The highest BCUT2D eigenvalue weighted by atomic mass is 35.5. The van der Waals surface area contributed by atoms with E-state index < -0.39 is 10.8 Å². The molecule has 3 aromatic rings. The number of rotatable bonds is 6. The maximum Gasteiger partial charge on any atom is 0.282 e. The summed E-state index contributed by atoms with van der Waals surface area (Å²) < 4.78 is 13.7. The molecule has 27 heavy (non-hydrogen) atoms. The summed E-state index contributed by atoms with van der Waals surface area (Å²) in [5, 5.41) is 21.7. The number of hydrogen-bond donors (Lipinski definition) is 1. The van der Waals surface area contributed by atoms with E-state index >= 15 is 0 Å². The topological polar surface area (TPSA) is 98.0 Å². The average molecular weight is 425 g/mol. The van der Waals surface area contributed by atoms with Gasteiger partial charge in [-0.05, 0) is 29.8 Å². The number of anilines is 1. The van der Waals surface area contributed by atoms with Crippen molar-refractivity contribution in [2.45, 2.75) is 10.1 Å². The summed E-state index contributed by atoms with van der Waals surface area (Å²) in [5.74, 6) is -0.538. The minimum absolute atomic E-state index is 0.170. The average Bonchev–Trinajstić information content (AvgIpc) is 3.07. The number of aromatic nitrogens is 2. The van der Waals surface area contributed by atoms with E-state index in [2.05, 4.69) is 15.5 Å². The monoisotopic (exact) mass is 424 g/mol. The van der Waals surface area contributed by atoms with Gasteiger partial charge in [-0.25, -0.2) is 4.39 Å². The number of carbonyl (C=O) groups excluding carboxylic acids is 1. The molecule has 2 aromatic carbocycles. The number of nitro benzene ring substituents is 1. The number of hydrogen-bond acceptors (Lipinski definition) is 7. The Balaban J connectivity index is 1.68. The van der Waals surface area contributed by atoms with Gasteiger partial charge in [0.1, 0.15) is 11.4 Å². The smallest absolute Gasteiger partial charge is 0.282 e. The van der Waals surface area contributed by atoms with Crippen molar-refractivity contribution in [1.29, 1.82) is 0 Å². The fourth-order valence-electron chi connectivity index (χ4n) is 2.10. The first-order valence-corrected chi connectivity index (χ1v) is 9.56. The number of carbonyl (C=O) groups is 1. The fraction of sp³-hybridized carbons (Fsp3) is 0.0625. The van der Waals surface area contributed by atoms with Crippen molar-refractivity contribution in [3.63, 3.8) is 0 Å². The summed E-state index contributed by atoms with van der Waals surface area (Å²) in [6, 6.07) is 9.92. The van der Waals surface area contributed by atoms with Crippen molar-refractivity contribution in [3.8, 4) is 0 Å². The number of thioether (sulfide) groups is 1. The zero-order chi connectivity index (χ0) is 19.4. The summed E-state index contributed by atoms with van der Waals surface area (Å²) in [6.45, 7) is 0. The van der Waals surface area contributed by atoms with Gasteiger partial charge in [0.2, 0.25) is 5.13 Å². The molecule has 0 radical (unpaired) electrons. The molecule has 1 amide bonds. The molecule has 1 aromatic heterocycles. The molecule has 0 saturated carbocycles. The molecule has 0 aliphatic heterocycles. The zero-order valence-electron chi connectivity index (χ0n) is 13.4. The van der Waals surface area contributed by atoms with E-state index in [1.807, 2.05) is 0 Å². The summed E-state index contributed by atoms with van der Waals surface area (Å²) in [6.07, 6.45) is 0. The quantitative estimate of drug-likeness (QED) is 0.264. The summed E-state index contributed by atoms with van der Waals surface area (Å²) in [7, 11) is 0. The molecule has 1 heterocycles. The number of benzene rings is 2. The van der Waals surface area contributed by atoms with Crippen molar-refractivity contribution in [2.24, 2.45) is 0 Å². The first kappa shape index (κ1) is 19.2. The van der Waals surface area contributed by atoms with E-state index in [1.165, 1.54) is 36.0 Å². The Hall–Kier alpha value is -2.56. The van der Waals surface area contributed by atoms with E-state index in [1.54, 1.807) is 12.1 Å². The van der Waals surface area contributed by atoms with Gasteiger partial charge in [0, 0.05) is 16.8 Å². The Morgan fingerprint density at radius 3 is 2.85 bits per heavy atom. The van der Waals surface area contributed by atoms with Gasteiger partial charge in [0.05, 0.1) is 4.92 Å². The lowest BCUT2D eigenvalue weighted by Crippen LogP contribution is -2.13. The van der Waals surface area contributed by atoms with Gasteiger partial charge < -0.3 is 0 Å². The molecule has 3 rings (SSSR count). The van der Waals surface area contributed by atoms with Crippen LogP contribution in [-0.4, -0.2) is 21.0 Å². The number of halogens is 2. The summed E-state index contributed by atoms with van der Waals surface area (Å²) >= 11 is 8.27. The minimum atomic E-state index is -0.706. The van der Waals surface area contributed by atoms with E-state index in [-0.39, 0.29) is 27.2 Å². The molecule has 11 heteroatoms. The Morgan fingerprint density at radius 1 is 1.30 bits per heavy atom. The van der Waals surface area contributed by atoms with Crippen LogP contribution < -0.4 is 5.32 Å². The molecule has 0 spiro atoms. The molecule has 0 atom stereocenters. The molecule has 0 aliphatic rings. The van der Waals surface area contributed by atoms with Crippen LogP contribution in [0.15, 0.2) is 46.8 Å². The van der Waals surface area contributed by atoms with Gasteiger partial charge in [0.25, 0.3) is 11.6 Å². The van der Waals surface area contributed by atoms with E-state index in [4.69, 9.17) is 11.6 Å². The van der Waals surface area contributed by atoms with Crippen LogP contribution in [0.4, 0.5) is 15.2 Å². The molecule has 0 saturated heterocycles. The first-order chi connectivity index (χ1) is 12.9. The minimum Gasteiger partial charge on any atom is -0.296 e. The van der Waals surface area contributed by atoms with Crippen LogP contribution in [-0.2, 0) is 5.75 Å². The highest BCUT2D eigenvalue weighted by Crippen LogP contribution is 2.29. The van der Waals surface area contributed by atoms with Gasteiger partial charge in [0.15, 0.2) is 4.34 Å². The molecule has 0 aliphatic carbocycles. The highest BCUT2D eigenvalue weighted by Gasteiger charge is 2.21. The van der Waals surface area contributed by atoms with Gasteiger partial charge in [-0.3, -0.25) is 20.2 Å². The number of amides is 1. The van der Waals surface area contributed by atoms with E-state index in [0.717, 1.165) is 23.0 Å². The molecule has 7 nitrogen and oxygen atoms in total. The van der Waals surface area contributed by atoms with E-state index in [0.29, 0.717) is 10.1 Å². The highest BCUT2D eigenvalue weighted by molar-refractivity contribution is 8.00. The van der Waals surface area contributed by atoms with E-state index in [9.17, 15) is 19.3 Å². The Labute approximate surface area is 165 Å². The predicted molar refractivity (Wildman–Crippen MR) is 102 cm³/mol. The standard InChI is InChI=1S/C16H10ClFN4O3S2/c17-10-4-5-13(22(24)25)12(7-10)14(23)19-15-20-21-16(27-15)26-8-9-2-1-3-11(18)6-9/h1-7H,8H2,(H,19,20,23). The second-order valence-corrected chi connectivity index (χ2v) is 7.80. The van der Waals surface area contributed by atoms with Gasteiger partial charge in [-0.1, -0.05) is 46.8 Å². The van der Waals surface area contributed by atoms with Crippen LogP contribution in [0.1, 0.15) is 15.9 Å². The number of nitrogens with one attached hydrogen (secondary N) is 1. The molecule has 138 valence electrons. The third-order valence-corrected chi connectivity index (χ3v) is 5.56. The van der Waals surface area contributed by atoms with Crippen LogP contribution >= 0.6 is 34.7 Å². The lowest BCUT2D eigenvalue weighted by molar-refractivity contribution is -0.385.